The zero-order chi connectivity index (χ0) is 23.6. The van der Waals surface area contributed by atoms with E-state index in [1.165, 1.54) is 24.1 Å². The highest BCUT2D eigenvalue weighted by molar-refractivity contribution is 6.46. The standard InChI is InChI=1S/C24H25Cl2NO5/c1-13(2)32-9-8-27-20(15-7-5-6-14(3)10-15)19(22(29)24(27)30)21(28)17-11-16(25)12-18(26)23(17)31-4/h5-7,10-13,20,28H,8-9H2,1-4H3/b21-19+. The number of halogens is 2. The molecule has 1 heterocycles. The molecule has 3 rings (SSSR count). The Morgan fingerprint density at radius 3 is 2.53 bits per heavy atom. The molecule has 1 fully saturated rings. The second-order valence-electron chi connectivity index (χ2n) is 7.79. The summed E-state index contributed by atoms with van der Waals surface area (Å²) in [4.78, 5) is 27.5. The summed E-state index contributed by atoms with van der Waals surface area (Å²) in [5, 5.41) is 11.7. The van der Waals surface area contributed by atoms with Crippen molar-refractivity contribution in [2.45, 2.75) is 32.9 Å². The summed E-state index contributed by atoms with van der Waals surface area (Å²) in [5.41, 5.74) is 1.73. The molecule has 2 aromatic rings. The molecule has 0 aromatic heterocycles. The van der Waals surface area contributed by atoms with Gasteiger partial charge in [-0.05, 0) is 38.5 Å². The number of Topliss-reactive ketones (excluding diaryl/α,β-unsaturated/α-hetero) is 1. The van der Waals surface area contributed by atoms with E-state index < -0.39 is 23.5 Å². The number of benzene rings is 2. The van der Waals surface area contributed by atoms with Crippen molar-refractivity contribution in [3.63, 3.8) is 0 Å². The van der Waals surface area contributed by atoms with Gasteiger partial charge >= 0.3 is 0 Å². The molecule has 170 valence electrons. The topological polar surface area (TPSA) is 76.1 Å². The zero-order valence-electron chi connectivity index (χ0n) is 18.3. The van der Waals surface area contributed by atoms with Gasteiger partial charge in [-0.1, -0.05) is 53.0 Å². The Balaban J connectivity index is 2.20. The highest BCUT2D eigenvalue weighted by Gasteiger charge is 2.46. The number of aryl methyl sites for hydroxylation is 1. The number of aliphatic hydroxyl groups excluding tert-OH is 1. The Kier molecular flexibility index (Phi) is 7.49. The van der Waals surface area contributed by atoms with E-state index in [0.29, 0.717) is 5.56 Å². The molecule has 2 aromatic carbocycles. The molecule has 1 aliphatic rings. The van der Waals surface area contributed by atoms with Crippen LogP contribution in [-0.2, 0) is 14.3 Å². The van der Waals surface area contributed by atoms with Gasteiger partial charge in [-0.25, -0.2) is 0 Å². The highest BCUT2D eigenvalue weighted by Crippen LogP contribution is 2.43. The van der Waals surface area contributed by atoms with E-state index in [2.05, 4.69) is 0 Å². The molecular formula is C24H25Cl2NO5. The van der Waals surface area contributed by atoms with Crippen LogP contribution >= 0.6 is 23.2 Å². The summed E-state index contributed by atoms with van der Waals surface area (Å²) < 4.78 is 10.9. The smallest absolute Gasteiger partial charge is 0.295 e. The van der Waals surface area contributed by atoms with Crippen LogP contribution in [0.5, 0.6) is 5.75 Å². The molecule has 0 saturated carbocycles. The van der Waals surface area contributed by atoms with Gasteiger partial charge in [0.1, 0.15) is 11.5 Å². The van der Waals surface area contributed by atoms with Gasteiger partial charge in [0.05, 0.1) is 42.0 Å². The Hall–Kier alpha value is -2.54. The summed E-state index contributed by atoms with van der Waals surface area (Å²) in [6.07, 6.45) is -0.0258. The third-order valence-corrected chi connectivity index (χ3v) is 5.65. The molecule has 8 heteroatoms. The molecule has 6 nitrogen and oxygen atoms in total. The fourth-order valence-corrected chi connectivity index (χ4v) is 4.34. The molecule has 1 amide bonds. The van der Waals surface area contributed by atoms with Crippen molar-refractivity contribution < 1.29 is 24.2 Å². The molecule has 1 saturated heterocycles. The second-order valence-corrected chi connectivity index (χ2v) is 8.64. The minimum atomic E-state index is -0.798. The second kappa shape index (κ2) is 9.94. The molecule has 1 aliphatic heterocycles. The van der Waals surface area contributed by atoms with Crippen LogP contribution in [0.25, 0.3) is 5.76 Å². The molecule has 1 N–H and O–H groups in total. The number of hydrogen-bond donors (Lipinski definition) is 1. The number of ketones is 1. The molecule has 0 aliphatic carbocycles. The maximum Gasteiger partial charge on any atom is 0.295 e. The largest absolute Gasteiger partial charge is 0.507 e. The Morgan fingerprint density at radius 1 is 1.19 bits per heavy atom. The predicted octanol–water partition coefficient (Wildman–Crippen LogP) is 5.16. The number of rotatable bonds is 7. The Morgan fingerprint density at radius 2 is 1.91 bits per heavy atom. The number of amides is 1. The monoisotopic (exact) mass is 477 g/mol. The molecule has 32 heavy (non-hydrogen) atoms. The van der Waals surface area contributed by atoms with Crippen LogP contribution in [0.1, 0.15) is 36.6 Å². The van der Waals surface area contributed by atoms with Crippen LogP contribution in [0.4, 0.5) is 0 Å². The van der Waals surface area contributed by atoms with Crippen LogP contribution in [0.3, 0.4) is 0 Å². The molecule has 0 spiro atoms. The van der Waals surface area contributed by atoms with Crippen molar-refractivity contribution in [3.8, 4) is 5.75 Å². The number of methoxy groups -OCH3 is 1. The maximum absolute atomic E-state index is 13.1. The molecule has 1 unspecified atom stereocenters. The van der Waals surface area contributed by atoms with Crippen LogP contribution in [-0.4, -0.2) is 48.1 Å². The van der Waals surface area contributed by atoms with Gasteiger partial charge in [0.2, 0.25) is 0 Å². The molecule has 1 atom stereocenters. The van der Waals surface area contributed by atoms with Crippen LogP contribution < -0.4 is 4.74 Å². The lowest BCUT2D eigenvalue weighted by Crippen LogP contribution is -2.33. The van der Waals surface area contributed by atoms with E-state index in [0.717, 1.165) is 5.56 Å². The van der Waals surface area contributed by atoms with Gasteiger partial charge < -0.3 is 19.5 Å². The summed E-state index contributed by atoms with van der Waals surface area (Å²) >= 11 is 12.4. The number of aliphatic hydroxyl groups is 1. The van der Waals surface area contributed by atoms with E-state index in [4.69, 9.17) is 32.7 Å². The molecular weight excluding hydrogens is 453 g/mol. The van der Waals surface area contributed by atoms with Crippen LogP contribution in [0.2, 0.25) is 10.0 Å². The average Bonchev–Trinajstić information content (AvgIpc) is 2.97. The SMILES string of the molecule is COc1c(Cl)cc(Cl)cc1/C(O)=C1\C(=O)C(=O)N(CCOC(C)C)C1c1cccc(C)c1. The number of ether oxygens (including phenoxy) is 2. The number of carbonyl (C=O) groups excluding carboxylic acids is 2. The Bertz CT molecular complexity index is 1080. The van der Waals surface area contributed by atoms with E-state index in [9.17, 15) is 14.7 Å². The van der Waals surface area contributed by atoms with Gasteiger partial charge in [-0.3, -0.25) is 9.59 Å². The van der Waals surface area contributed by atoms with Crippen LogP contribution in [0.15, 0.2) is 42.0 Å². The lowest BCUT2D eigenvalue weighted by Gasteiger charge is -2.26. The third-order valence-electron chi connectivity index (χ3n) is 5.15. The lowest BCUT2D eigenvalue weighted by molar-refractivity contribution is -0.140. The number of nitrogens with zero attached hydrogens (tertiary/aromatic N) is 1. The first kappa shape index (κ1) is 24.1. The molecule has 0 bridgehead atoms. The van der Waals surface area contributed by atoms with E-state index in [-0.39, 0.29) is 46.2 Å². The highest BCUT2D eigenvalue weighted by atomic mass is 35.5. The van der Waals surface area contributed by atoms with Crippen molar-refractivity contribution in [2.75, 3.05) is 20.3 Å². The van der Waals surface area contributed by atoms with Gasteiger partial charge in [0.15, 0.2) is 0 Å². The predicted molar refractivity (Wildman–Crippen MR) is 124 cm³/mol. The zero-order valence-corrected chi connectivity index (χ0v) is 19.8. The number of hydrogen-bond acceptors (Lipinski definition) is 5. The number of carbonyl (C=O) groups is 2. The summed E-state index contributed by atoms with van der Waals surface area (Å²) in [6.45, 7) is 6.13. The number of likely N-dealkylation sites (tertiary alicyclic amines) is 1. The Labute approximate surface area is 197 Å². The molecule has 0 radical (unpaired) electrons. The third kappa shape index (κ3) is 4.77. The van der Waals surface area contributed by atoms with E-state index >= 15 is 0 Å². The van der Waals surface area contributed by atoms with Crippen molar-refractivity contribution >= 4 is 40.7 Å². The summed E-state index contributed by atoms with van der Waals surface area (Å²) in [5.74, 6) is -1.75. The van der Waals surface area contributed by atoms with E-state index in [1.54, 1.807) is 0 Å². The minimum absolute atomic E-state index is 0.0258. The van der Waals surface area contributed by atoms with Crippen LogP contribution in [0, 0.1) is 6.92 Å². The van der Waals surface area contributed by atoms with Gasteiger partial charge in [-0.2, -0.15) is 0 Å². The first-order valence-corrected chi connectivity index (χ1v) is 10.9. The average molecular weight is 478 g/mol. The fraction of sp³-hybridized carbons (Fsp3) is 0.333. The first-order chi connectivity index (χ1) is 15.1. The van der Waals surface area contributed by atoms with E-state index in [1.807, 2.05) is 45.0 Å². The van der Waals surface area contributed by atoms with Crippen molar-refractivity contribution in [1.29, 1.82) is 0 Å². The quantitative estimate of drug-likeness (QED) is 0.338. The van der Waals surface area contributed by atoms with Gasteiger partial charge in [0, 0.05) is 11.6 Å². The van der Waals surface area contributed by atoms with Gasteiger partial charge in [-0.15, -0.1) is 0 Å². The minimum Gasteiger partial charge on any atom is -0.507 e. The normalized spacial score (nSPS) is 18.0. The summed E-state index contributed by atoms with van der Waals surface area (Å²) in [7, 11) is 1.39. The summed E-state index contributed by atoms with van der Waals surface area (Å²) in [6, 6.07) is 9.57. The van der Waals surface area contributed by atoms with Crippen molar-refractivity contribution in [1.82, 2.24) is 4.90 Å². The van der Waals surface area contributed by atoms with Crippen molar-refractivity contribution in [3.05, 3.63) is 68.7 Å². The fourth-order valence-electron chi connectivity index (χ4n) is 3.77. The van der Waals surface area contributed by atoms with Crippen molar-refractivity contribution in [2.24, 2.45) is 0 Å². The maximum atomic E-state index is 13.1. The van der Waals surface area contributed by atoms with Gasteiger partial charge in [0.25, 0.3) is 11.7 Å². The lowest BCUT2D eigenvalue weighted by atomic mass is 9.94. The first-order valence-electron chi connectivity index (χ1n) is 10.2.